The van der Waals surface area contributed by atoms with Gasteiger partial charge in [-0.1, -0.05) is 202 Å². The van der Waals surface area contributed by atoms with Gasteiger partial charge in [0.15, 0.2) is 0 Å². The van der Waals surface area contributed by atoms with Gasteiger partial charge in [0, 0.05) is 11.9 Å². The Morgan fingerprint density at radius 2 is 0.678 bits per heavy atom. The van der Waals surface area contributed by atoms with Gasteiger partial charge >= 0.3 is 48.9 Å². The van der Waals surface area contributed by atoms with Crippen molar-refractivity contribution in [2.45, 2.75) is 231 Å². The standard InChI is InChI=1S/2C25H42O4.Ba/c2*1-22(29-21-23-17-13-12-14-18-23)24(26)19-15-10-8-6-4-2-3-5-7-9-11-16-20-25(27)28;/h2*12-14,17-18,22,24,26H,2-11,15-16,19-21H2,1H3,(H,27,28);/q;;+2/p-2. The van der Waals surface area contributed by atoms with Crippen LogP contribution in [0.25, 0.3) is 0 Å². The van der Waals surface area contributed by atoms with Crippen molar-refractivity contribution in [1.29, 1.82) is 0 Å². The summed E-state index contributed by atoms with van der Waals surface area (Å²) in [4.78, 5) is 20.6. The number of aliphatic carboxylic acids is 2. The molecule has 0 aliphatic rings. The molecule has 0 aromatic heterocycles. The van der Waals surface area contributed by atoms with Crippen LogP contribution in [0.2, 0.25) is 0 Å². The number of unbranched alkanes of at least 4 members (excludes halogenated alkanes) is 22. The third-order valence-corrected chi connectivity index (χ3v) is 11.1. The number of carbonyl (C=O) groups excluding carboxylic acids is 2. The third kappa shape index (κ3) is 38.2. The molecule has 0 radical (unpaired) electrons. The van der Waals surface area contributed by atoms with Crippen molar-refractivity contribution in [3.63, 3.8) is 0 Å². The molecule has 0 fully saturated rings. The van der Waals surface area contributed by atoms with E-state index in [1.807, 2.05) is 74.5 Å². The zero-order valence-corrected chi connectivity index (χ0v) is 41.8. The van der Waals surface area contributed by atoms with E-state index in [2.05, 4.69) is 0 Å². The first-order valence-corrected chi connectivity index (χ1v) is 23.3. The summed E-state index contributed by atoms with van der Waals surface area (Å²) in [6.45, 7) is 5.02. The van der Waals surface area contributed by atoms with Gasteiger partial charge in [0.2, 0.25) is 0 Å². The minimum Gasteiger partial charge on any atom is -0.550 e. The minimum absolute atomic E-state index is 0. The summed E-state index contributed by atoms with van der Waals surface area (Å²) < 4.78 is 11.6. The molecule has 4 unspecified atom stereocenters. The van der Waals surface area contributed by atoms with Crippen molar-refractivity contribution in [1.82, 2.24) is 0 Å². The largest absolute Gasteiger partial charge is 2.00 e. The Labute approximate surface area is 400 Å². The number of hydrogen-bond acceptors (Lipinski definition) is 8. The molecule has 4 atom stereocenters. The number of aliphatic hydroxyl groups excluding tert-OH is 2. The summed E-state index contributed by atoms with van der Waals surface area (Å²) in [6.07, 6.45) is 29.1. The summed E-state index contributed by atoms with van der Waals surface area (Å²) in [6, 6.07) is 20.2. The van der Waals surface area contributed by atoms with Crippen LogP contribution in [0.3, 0.4) is 0 Å². The maximum absolute atomic E-state index is 10.3. The van der Waals surface area contributed by atoms with E-state index in [4.69, 9.17) is 9.47 Å². The van der Waals surface area contributed by atoms with Crippen molar-refractivity contribution in [2.75, 3.05) is 0 Å². The molecule has 0 saturated heterocycles. The smallest absolute Gasteiger partial charge is 0.550 e. The van der Waals surface area contributed by atoms with Gasteiger partial charge in [0.05, 0.1) is 37.6 Å². The quantitative estimate of drug-likeness (QED) is 0.0501. The average Bonchev–Trinajstić information content (AvgIpc) is 3.22. The molecular weight excluding hydrogens is 866 g/mol. The maximum Gasteiger partial charge on any atom is 2.00 e. The molecular formula is C50H82BaO8. The molecule has 0 saturated carbocycles. The molecule has 2 N–H and O–H groups in total. The Bertz CT molecular complexity index is 1110. The topological polar surface area (TPSA) is 139 Å². The molecule has 9 heteroatoms. The van der Waals surface area contributed by atoms with Crippen LogP contribution in [0.4, 0.5) is 0 Å². The van der Waals surface area contributed by atoms with Crippen LogP contribution >= 0.6 is 0 Å². The number of carboxylic acids is 2. The van der Waals surface area contributed by atoms with E-state index >= 15 is 0 Å². The SMILES string of the molecule is CC(OCc1ccccc1)C(O)CCCCCCCCCCCCCCC(=O)[O-].CC(OCc1ccccc1)C(O)CCCCCCCCCCCCCCC(=O)[O-].[Ba+2]. The Morgan fingerprint density at radius 1 is 0.441 bits per heavy atom. The zero-order chi connectivity index (χ0) is 42.3. The van der Waals surface area contributed by atoms with Gasteiger partial charge in [-0.2, -0.15) is 0 Å². The van der Waals surface area contributed by atoms with Gasteiger partial charge < -0.3 is 39.5 Å². The van der Waals surface area contributed by atoms with E-state index in [1.54, 1.807) is 0 Å². The fourth-order valence-electron chi connectivity index (χ4n) is 7.08. The molecule has 0 heterocycles. The van der Waals surface area contributed by atoms with Crippen LogP contribution in [0.5, 0.6) is 0 Å². The summed E-state index contributed by atoms with van der Waals surface area (Å²) in [5, 5.41) is 41.1. The van der Waals surface area contributed by atoms with E-state index in [-0.39, 0.29) is 86.1 Å². The minimum atomic E-state index is -0.926. The second kappa shape index (κ2) is 42.1. The number of carboxylic acid groups (broad SMARTS) is 2. The molecule has 0 aliphatic carbocycles. The number of ether oxygens (including phenoxy) is 2. The maximum atomic E-state index is 10.3. The van der Waals surface area contributed by atoms with Gasteiger partial charge in [-0.15, -0.1) is 0 Å². The summed E-state index contributed by atoms with van der Waals surface area (Å²) in [7, 11) is 0. The molecule has 8 nitrogen and oxygen atoms in total. The molecule has 0 spiro atoms. The van der Waals surface area contributed by atoms with Gasteiger partial charge in [-0.05, 0) is 63.5 Å². The predicted octanol–water partition coefficient (Wildman–Crippen LogP) is 9.95. The van der Waals surface area contributed by atoms with Crippen molar-refractivity contribution in [3.05, 3.63) is 71.8 Å². The van der Waals surface area contributed by atoms with E-state index in [0.717, 1.165) is 75.3 Å². The fourth-order valence-corrected chi connectivity index (χ4v) is 7.08. The van der Waals surface area contributed by atoms with Crippen molar-refractivity contribution in [2.24, 2.45) is 0 Å². The van der Waals surface area contributed by atoms with Gasteiger partial charge in [-0.3, -0.25) is 0 Å². The number of aliphatic hydroxyl groups is 2. The molecule has 59 heavy (non-hydrogen) atoms. The molecule has 0 amide bonds. The van der Waals surface area contributed by atoms with Crippen LogP contribution in [0, 0.1) is 0 Å². The molecule has 2 rings (SSSR count). The van der Waals surface area contributed by atoms with Crippen LogP contribution in [-0.2, 0) is 32.3 Å². The predicted molar refractivity (Wildman–Crippen MR) is 238 cm³/mol. The normalized spacial score (nSPS) is 13.1. The number of benzene rings is 2. The van der Waals surface area contributed by atoms with Gasteiger partial charge in [0.1, 0.15) is 0 Å². The number of hydrogen-bond donors (Lipinski definition) is 2. The first-order chi connectivity index (χ1) is 28.2. The average molecular weight is 949 g/mol. The van der Waals surface area contributed by atoms with Crippen LogP contribution < -0.4 is 10.2 Å². The molecule has 2 aromatic carbocycles. The zero-order valence-electron chi connectivity index (χ0n) is 37.3. The van der Waals surface area contributed by atoms with Crippen molar-refractivity contribution >= 4 is 60.8 Å². The number of rotatable bonds is 38. The molecule has 0 aliphatic heterocycles. The summed E-state index contributed by atoms with van der Waals surface area (Å²) in [5.74, 6) is -1.85. The first kappa shape index (κ1) is 57.8. The van der Waals surface area contributed by atoms with Crippen molar-refractivity contribution < 1.29 is 39.5 Å². The Balaban J connectivity index is 0.00000112. The van der Waals surface area contributed by atoms with Crippen molar-refractivity contribution in [3.8, 4) is 0 Å². The fraction of sp³-hybridized carbons (Fsp3) is 0.720. The van der Waals surface area contributed by atoms with E-state index in [0.29, 0.717) is 13.2 Å². The van der Waals surface area contributed by atoms with Crippen LogP contribution in [-0.4, -0.2) is 95.4 Å². The van der Waals surface area contributed by atoms with E-state index in [1.165, 1.54) is 103 Å². The van der Waals surface area contributed by atoms with Gasteiger partial charge in [-0.25, -0.2) is 0 Å². The monoisotopic (exact) mass is 949 g/mol. The van der Waals surface area contributed by atoms with Gasteiger partial charge in [0.25, 0.3) is 0 Å². The van der Waals surface area contributed by atoms with Crippen LogP contribution in [0.1, 0.15) is 205 Å². The van der Waals surface area contributed by atoms with E-state index < -0.39 is 11.9 Å². The summed E-state index contributed by atoms with van der Waals surface area (Å²) >= 11 is 0. The first-order valence-electron chi connectivity index (χ1n) is 23.3. The third-order valence-electron chi connectivity index (χ3n) is 11.1. The Kier molecular flexibility index (Phi) is 41.2. The number of carbonyl (C=O) groups is 2. The molecule has 332 valence electrons. The summed E-state index contributed by atoms with van der Waals surface area (Å²) in [5.41, 5.74) is 2.28. The second-order valence-corrected chi connectivity index (χ2v) is 16.4. The molecule has 0 bridgehead atoms. The molecule has 2 aromatic rings. The second-order valence-electron chi connectivity index (χ2n) is 16.4. The van der Waals surface area contributed by atoms with Crippen LogP contribution in [0.15, 0.2) is 60.7 Å². The Hall–Kier alpha value is -1.21. The Morgan fingerprint density at radius 3 is 0.932 bits per heavy atom. The van der Waals surface area contributed by atoms with E-state index in [9.17, 15) is 30.0 Å².